The molecule has 2 amide bonds. The average molecular weight is 350 g/mol. The van der Waals surface area contributed by atoms with Gasteiger partial charge in [0.15, 0.2) is 0 Å². The maximum Gasteiger partial charge on any atom is 0.407 e. The highest BCUT2D eigenvalue weighted by Crippen LogP contribution is 2.27. The highest BCUT2D eigenvalue weighted by molar-refractivity contribution is 5.93. The van der Waals surface area contributed by atoms with Crippen LogP contribution in [-0.4, -0.2) is 40.5 Å². The lowest BCUT2D eigenvalue weighted by molar-refractivity contribution is -0.116. The van der Waals surface area contributed by atoms with Crippen LogP contribution < -0.4 is 10.6 Å². The van der Waals surface area contributed by atoms with Crippen molar-refractivity contribution >= 4 is 17.7 Å². The number of aryl methyl sites for hydroxylation is 1. The normalized spacial score (nSPS) is 16.4. The third-order valence-electron chi connectivity index (χ3n) is 3.84. The summed E-state index contributed by atoms with van der Waals surface area (Å²) in [5.74, 6) is -0.0194. The van der Waals surface area contributed by atoms with Gasteiger partial charge in [-0.1, -0.05) is 12.1 Å². The van der Waals surface area contributed by atoms with Crippen molar-refractivity contribution in [3.8, 4) is 0 Å². The number of ether oxygens (including phenoxy) is 1. The van der Waals surface area contributed by atoms with Crippen LogP contribution in [0.25, 0.3) is 0 Å². The first kappa shape index (κ1) is 19.2. The van der Waals surface area contributed by atoms with Crippen LogP contribution in [-0.2, 0) is 16.0 Å². The molecule has 0 bridgehead atoms. The highest BCUT2D eigenvalue weighted by atomic mass is 16.6. The molecule has 0 radical (unpaired) electrons. The number of hydrogen-bond donors (Lipinski definition) is 4. The number of carbonyl (C=O) groups excluding carboxylic acids is 2. The SMILES string of the molecule is CC(C)(C)OC(=O)NCCC(O)C(O)c1ccc2c(c1)CCC(=O)N2. The number of nitrogens with one attached hydrogen (secondary N) is 2. The number of anilines is 1. The molecule has 2 atom stereocenters. The molecule has 2 rings (SSSR count). The van der Waals surface area contributed by atoms with Crippen molar-refractivity contribution < 1.29 is 24.5 Å². The Balaban J connectivity index is 1.87. The Morgan fingerprint density at radius 1 is 1.32 bits per heavy atom. The third kappa shape index (κ3) is 5.72. The Morgan fingerprint density at radius 3 is 2.72 bits per heavy atom. The third-order valence-corrected chi connectivity index (χ3v) is 3.84. The molecule has 0 spiro atoms. The molecule has 0 fully saturated rings. The summed E-state index contributed by atoms with van der Waals surface area (Å²) >= 11 is 0. The van der Waals surface area contributed by atoms with Gasteiger partial charge >= 0.3 is 6.09 Å². The zero-order valence-electron chi connectivity index (χ0n) is 14.8. The molecular weight excluding hydrogens is 324 g/mol. The summed E-state index contributed by atoms with van der Waals surface area (Å²) < 4.78 is 5.11. The first-order valence-electron chi connectivity index (χ1n) is 8.41. The average Bonchev–Trinajstić information content (AvgIpc) is 2.51. The second-order valence-electron chi connectivity index (χ2n) is 7.19. The first-order valence-corrected chi connectivity index (χ1v) is 8.41. The van der Waals surface area contributed by atoms with Crippen LogP contribution in [0.15, 0.2) is 18.2 Å². The fourth-order valence-corrected chi connectivity index (χ4v) is 2.60. The van der Waals surface area contributed by atoms with Gasteiger partial charge in [0.2, 0.25) is 5.91 Å². The fraction of sp³-hybridized carbons (Fsp3) is 0.556. The minimum absolute atomic E-state index is 0.0194. The highest BCUT2D eigenvalue weighted by Gasteiger charge is 2.22. The number of rotatable bonds is 5. The molecule has 0 saturated carbocycles. The van der Waals surface area contributed by atoms with Crippen LogP contribution in [0, 0.1) is 0 Å². The predicted molar refractivity (Wildman–Crippen MR) is 93.2 cm³/mol. The van der Waals surface area contributed by atoms with E-state index in [0.29, 0.717) is 18.4 Å². The molecule has 4 N–H and O–H groups in total. The van der Waals surface area contributed by atoms with E-state index in [1.807, 2.05) is 0 Å². The second kappa shape index (κ2) is 7.84. The number of carbonyl (C=O) groups is 2. The largest absolute Gasteiger partial charge is 0.444 e. The van der Waals surface area contributed by atoms with Crippen molar-refractivity contribution in [1.29, 1.82) is 0 Å². The van der Waals surface area contributed by atoms with E-state index in [9.17, 15) is 19.8 Å². The Morgan fingerprint density at radius 2 is 2.04 bits per heavy atom. The molecular formula is C18H26N2O5. The van der Waals surface area contributed by atoms with E-state index in [2.05, 4.69) is 10.6 Å². The lowest BCUT2D eigenvalue weighted by atomic mass is 9.95. The molecule has 25 heavy (non-hydrogen) atoms. The standard InChI is InChI=1S/C18H26N2O5/c1-18(2,3)25-17(24)19-9-8-14(21)16(23)12-4-6-13-11(10-12)5-7-15(22)20-13/h4,6,10,14,16,21,23H,5,7-9H2,1-3H3,(H,19,24)(H,20,22). The van der Waals surface area contributed by atoms with Crippen molar-refractivity contribution in [2.75, 3.05) is 11.9 Å². The number of amides is 2. The summed E-state index contributed by atoms with van der Waals surface area (Å²) in [5, 5.41) is 25.8. The topological polar surface area (TPSA) is 108 Å². The summed E-state index contributed by atoms with van der Waals surface area (Å²) in [4.78, 5) is 22.9. The molecule has 7 heteroatoms. The van der Waals surface area contributed by atoms with Crippen molar-refractivity contribution in [3.63, 3.8) is 0 Å². The quantitative estimate of drug-likeness (QED) is 0.648. The van der Waals surface area contributed by atoms with Crippen LogP contribution >= 0.6 is 0 Å². The van der Waals surface area contributed by atoms with Gasteiger partial charge < -0.3 is 25.6 Å². The molecule has 1 heterocycles. The number of alkyl carbamates (subject to hydrolysis) is 1. The van der Waals surface area contributed by atoms with Gasteiger partial charge in [0.1, 0.15) is 11.7 Å². The Labute approximate surface area is 147 Å². The molecule has 0 aliphatic carbocycles. The van der Waals surface area contributed by atoms with Gasteiger partial charge in [-0.15, -0.1) is 0 Å². The minimum atomic E-state index is -1.07. The van der Waals surface area contributed by atoms with E-state index in [-0.39, 0.29) is 18.9 Å². The van der Waals surface area contributed by atoms with Crippen molar-refractivity contribution in [2.45, 2.75) is 57.8 Å². The lowest BCUT2D eigenvalue weighted by Gasteiger charge is -2.23. The van der Waals surface area contributed by atoms with Gasteiger partial charge in [0, 0.05) is 18.7 Å². The summed E-state index contributed by atoms with van der Waals surface area (Å²) in [5.41, 5.74) is 1.68. The van der Waals surface area contributed by atoms with E-state index < -0.39 is 23.9 Å². The molecule has 7 nitrogen and oxygen atoms in total. The summed E-state index contributed by atoms with van der Waals surface area (Å²) in [6.07, 6.45) is -1.44. The molecule has 2 unspecified atom stereocenters. The van der Waals surface area contributed by atoms with E-state index in [4.69, 9.17) is 4.74 Å². The number of hydrogen-bond acceptors (Lipinski definition) is 5. The molecule has 0 saturated heterocycles. The Hall–Kier alpha value is -2.12. The van der Waals surface area contributed by atoms with Gasteiger partial charge in [-0.05, 0) is 50.8 Å². The number of benzene rings is 1. The van der Waals surface area contributed by atoms with Crippen molar-refractivity contribution in [1.82, 2.24) is 5.32 Å². The van der Waals surface area contributed by atoms with Crippen molar-refractivity contribution in [3.05, 3.63) is 29.3 Å². The number of aliphatic hydroxyl groups is 2. The zero-order valence-corrected chi connectivity index (χ0v) is 14.8. The van der Waals surface area contributed by atoms with Gasteiger partial charge in [0.25, 0.3) is 0 Å². The first-order chi connectivity index (χ1) is 11.7. The second-order valence-corrected chi connectivity index (χ2v) is 7.19. The van der Waals surface area contributed by atoms with Crippen LogP contribution in [0.2, 0.25) is 0 Å². The summed E-state index contributed by atoms with van der Waals surface area (Å²) in [7, 11) is 0. The maximum absolute atomic E-state index is 11.6. The summed E-state index contributed by atoms with van der Waals surface area (Å²) in [6, 6.07) is 5.21. The van der Waals surface area contributed by atoms with Crippen LogP contribution in [0.5, 0.6) is 0 Å². The van der Waals surface area contributed by atoms with Crippen LogP contribution in [0.4, 0.5) is 10.5 Å². The van der Waals surface area contributed by atoms with E-state index in [1.54, 1.807) is 39.0 Å². The van der Waals surface area contributed by atoms with Gasteiger partial charge in [0.05, 0.1) is 6.10 Å². The number of fused-ring (bicyclic) bond motifs is 1. The zero-order chi connectivity index (χ0) is 18.6. The molecule has 1 aliphatic rings. The van der Waals surface area contributed by atoms with Gasteiger partial charge in [-0.25, -0.2) is 4.79 Å². The predicted octanol–water partition coefficient (Wildman–Crippen LogP) is 1.88. The van der Waals surface area contributed by atoms with E-state index >= 15 is 0 Å². The molecule has 138 valence electrons. The molecule has 1 aliphatic heterocycles. The Kier molecular flexibility index (Phi) is 6.02. The van der Waals surface area contributed by atoms with E-state index in [0.717, 1.165) is 11.3 Å². The smallest absolute Gasteiger partial charge is 0.407 e. The summed E-state index contributed by atoms with van der Waals surface area (Å²) in [6.45, 7) is 5.49. The van der Waals surface area contributed by atoms with Gasteiger partial charge in [-0.2, -0.15) is 0 Å². The molecule has 1 aromatic carbocycles. The minimum Gasteiger partial charge on any atom is -0.444 e. The van der Waals surface area contributed by atoms with Crippen molar-refractivity contribution in [2.24, 2.45) is 0 Å². The van der Waals surface area contributed by atoms with Crippen LogP contribution in [0.3, 0.4) is 0 Å². The fourth-order valence-electron chi connectivity index (χ4n) is 2.60. The molecule has 0 aromatic heterocycles. The van der Waals surface area contributed by atoms with E-state index in [1.165, 1.54) is 0 Å². The molecule has 1 aromatic rings. The maximum atomic E-state index is 11.6. The monoisotopic (exact) mass is 350 g/mol. The number of aliphatic hydroxyl groups excluding tert-OH is 2. The lowest BCUT2D eigenvalue weighted by Crippen LogP contribution is -2.34. The van der Waals surface area contributed by atoms with Crippen LogP contribution in [0.1, 0.15) is 50.8 Å². The van der Waals surface area contributed by atoms with Gasteiger partial charge in [-0.3, -0.25) is 4.79 Å². The Bertz CT molecular complexity index is 639.